The van der Waals surface area contributed by atoms with E-state index in [9.17, 15) is 25.0 Å². The number of rotatable bonds is 10. The average molecular weight is 565 g/mol. The van der Waals surface area contributed by atoms with Crippen LogP contribution in [-0.2, 0) is 0 Å². The Labute approximate surface area is 232 Å². The summed E-state index contributed by atoms with van der Waals surface area (Å²) in [5.41, 5.74) is -1.46. The summed E-state index contributed by atoms with van der Waals surface area (Å²) >= 11 is 6.13. The molecule has 0 aliphatic rings. The molecule has 0 aromatic heterocycles. The van der Waals surface area contributed by atoms with Crippen molar-refractivity contribution in [1.29, 1.82) is 0 Å². The number of nitrogens with zero attached hydrogens (tertiary/aromatic N) is 2. The minimum atomic E-state index is -0.888. The molecule has 0 unspecified atom stereocenters. The molecule has 204 valence electrons. The standard InChI is InChI=1S/C27H21ClN4O8/c1-38-24-15-22(25(39-2)14-21(24)28)30-27(33)20-12-17(31(34)35)13-23(32(36)37)26(20)29-16-8-10-19(11-9-16)40-18-6-4-3-5-7-18/h3-15,29H,1-2H3,(H,30,33). The molecule has 0 spiro atoms. The number of carbonyl (C=O) groups is 1. The first-order valence-electron chi connectivity index (χ1n) is 11.5. The number of hydrogen-bond donors (Lipinski definition) is 2. The lowest BCUT2D eigenvalue weighted by Crippen LogP contribution is -2.16. The molecule has 2 N–H and O–H groups in total. The lowest BCUT2D eigenvalue weighted by molar-refractivity contribution is -0.393. The number of carbonyl (C=O) groups excluding carboxylic acids is 1. The summed E-state index contributed by atoms with van der Waals surface area (Å²) in [7, 11) is 2.73. The molecule has 0 bridgehead atoms. The van der Waals surface area contributed by atoms with Gasteiger partial charge in [-0.3, -0.25) is 25.0 Å². The van der Waals surface area contributed by atoms with Gasteiger partial charge in [-0.05, 0) is 36.4 Å². The Morgan fingerprint density at radius 3 is 2.08 bits per heavy atom. The normalized spacial score (nSPS) is 10.4. The Bertz CT molecular complexity index is 1580. The van der Waals surface area contributed by atoms with E-state index in [1.807, 2.05) is 18.2 Å². The van der Waals surface area contributed by atoms with E-state index in [0.717, 1.165) is 12.1 Å². The van der Waals surface area contributed by atoms with Crippen molar-refractivity contribution in [2.45, 2.75) is 0 Å². The highest BCUT2D eigenvalue weighted by Crippen LogP contribution is 2.39. The monoisotopic (exact) mass is 564 g/mol. The van der Waals surface area contributed by atoms with Gasteiger partial charge in [0.2, 0.25) is 0 Å². The molecule has 0 heterocycles. The fourth-order valence-corrected chi connectivity index (χ4v) is 3.93. The molecule has 0 saturated carbocycles. The van der Waals surface area contributed by atoms with Gasteiger partial charge in [-0.2, -0.15) is 0 Å². The number of nitro benzene ring substituents is 2. The molecule has 0 aliphatic carbocycles. The van der Waals surface area contributed by atoms with Crippen LogP contribution in [0.3, 0.4) is 0 Å². The summed E-state index contributed by atoms with van der Waals surface area (Å²) in [5.74, 6) is 0.613. The van der Waals surface area contributed by atoms with Gasteiger partial charge in [0.25, 0.3) is 17.3 Å². The quantitative estimate of drug-likeness (QED) is 0.153. The smallest absolute Gasteiger partial charge is 0.300 e. The predicted octanol–water partition coefficient (Wildman–Crippen LogP) is 6.96. The summed E-state index contributed by atoms with van der Waals surface area (Å²) in [6, 6.07) is 20.0. The third kappa shape index (κ3) is 6.19. The van der Waals surface area contributed by atoms with Gasteiger partial charge in [-0.1, -0.05) is 29.8 Å². The summed E-state index contributed by atoms with van der Waals surface area (Å²) in [6.07, 6.45) is 0. The Morgan fingerprint density at radius 2 is 1.48 bits per heavy atom. The van der Waals surface area contributed by atoms with E-state index in [0.29, 0.717) is 17.2 Å². The van der Waals surface area contributed by atoms with Crippen LogP contribution in [0.2, 0.25) is 5.02 Å². The molecule has 12 nitrogen and oxygen atoms in total. The number of halogens is 1. The summed E-state index contributed by atoms with van der Waals surface area (Å²) < 4.78 is 16.2. The van der Waals surface area contributed by atoms with E-state index in [-0.39, 0.29) is 33.5 Å². The van der Waals surface area contributed by atoms with Crippen molar-refractivity contribution >= 4 is 45.9 Å². The number of anilines is 3. The Balaban J connectivity index is 1.73. The van der Waals surface area contributed by atoms with E-state index in [4.69, 9.17) is 25.8 Å². The molecule has 1 amide bonds. The summed E-state index contributed by atoms with van der Waals surface area (Å²) in [4.78, 5) is 35.3. The lowest BCUT2D eigenvalue weighted by Gasteiger charge is -2.16. The van der Waals surface area contributed by atoms with Gasteiger partial charge in [0.1, 0.15) is 28.7 Å². The van der Waals surface area contributed by atoms with Crippen molar-refractivity contribution in [2.24, 2.45) is 0 Å². The second-order valence-corrected chi connectivity index (χ2v) is 8.51. The van der Waals surface area contributed by atoms with Crippen LogP contribution in [0.25, 0.3) is 0 Å². The molecular formula is C27H21ClN4O8. The third-order valence-corrected chi connectivity index (χ3v) is 5.87. The Kier molecular flexibility index (Phi) is 8.30. The SMILES string of the molecule is COc1cc(NC(=O)c2cc([N+](=O)[O-])cc([N+](=O)[O-])c2Nc2ccc(Oc3ccccc3)cc2)c(OC)cc1Cl. The number of methoxy groups -OCH3 is 2. The number of amides is 1. The van der Waals surface area contributed by atoms with Gasteiger partial charge in [-0.25, -0.2) is 0 Å². The molecule has 40 heavy (non-hydrogen) atoms. The molecule has 4 aromatic rings. The number of nitrogens with one attached hydrogen (secondary N) is 2. The molecule has 13 heteroatoms. The first-order valence-corrected chi connectivity index (χ1v) is 11.9. The van der Waals surface area contributed by atoms with E-state index in [2.05, 4.69) is 10.6 Å². The largest absolute Gasteiger partial charge is 0.495 e. The molecule has 4 aromatic carbocycles. The highest BCUT2D eigenvalue weighted by Gasteiger charge is 2.28. The van der Waals surface area contributed by atoms with Gasteiger partial charge in [0.15, 0.2) is 0 Å². The van der Waals surface area contributed by atoms with Crippen molar-refractivity contribution in [3.8, 4) is 23.0 Å². The molecule has 0 radical (unpaired) electrons. The van der Waals surface area contributed by atoms with Gasteiger partial charge < -0.3 is 24.8 Å². The number of benzene rings is 4. The van der Waals surface area contributed by atoms with Crippen molar-refractivity contribution < 1.29 is 28.9 Å². The summed E-state index contributed by atoms with van der Waals surface area (Å²) in [6.45, 7) is 0. The molecular weight excluding hydrogens is 544 g/mol. The van der Waals surface area contributed by atoms with Crippen LogP contribution in [-0.4, -0.2) is 30.0 Å². The van der Waals surface area contributed by atoms with Crippen LogP contribution < -0.4 is 24.8 Å². The van der Waals surface area contributed by atoms with Gasteiger partial charge in [0, 0.05) is 23.9 Å². The second-order valence-electron chi connectivity index (χ2n) is 8.11. The summed E-state index contributed by atoms with van der Waals surface area (Å²) in [5, 5.41) is 29.1. The zero-order valence-electron chi connectivity index (χ0n) is 21.0. The number of ether oxygens (including phenoxy) is 3. The first kappa shape index (κ1) is 27.7. The first-order chi connectivity index (χ1) is 19.2. The predicted molar refractivity (Wildman–Crippen MR) is 149 cm³/mol. The van der Waals surface area contributed by atoms with Gasteiger partial charge in [-0.15, -0.1) is 0 Å². The molecule has 0 aliphatic heterocycles. The van der Waals surface area contributed by atoms with Crippen LogP contribution in [0.1, 0.15) is 10.4 Å². The second kappa shape index (κ2) is 12.0. The molecule has 0 atom stereocenters. The number of para-hydroxylation sites is 1. The minimum absolute atomic E-state index is 0.122. The number of nitro groups is 2. The fraction of sp³-hybridized carbons (Fsp3) is 0.0741. The van der Waals surface area contributed by atoms with Crippen LogP contribution in [0, 0.1) is 20.2 Å². The van der Waals surface area contributed by atoms with Crippen LogP contribution in [0.4, 0.5) is 28.4 Å². The van der Waals surface area contributed by atoms with E-state index in [1.165, 1.54) is 26.4 Å². The lowest BCUT2D eigenvalue weighted by atomic mass is 10.1. The minimum Gasteiger partial charge on any atom is -0.495 e. The highest BCUT2D eigenvalue weighted by atomic mass is 35.5. The number of non-ortho nitro benzene ring substituents is 1. The van der Waals surface area contributed by atoms with E-state index in [1.54, 1.807) is 36.4 Å². The average Bonchev–Trinajstić information content (AvgIpc) is 2.95. The van der Waals surface area contributed by atoms with Crippen molar-refractivity contribution in [2.75, 3.05) is 24.9 Å². The zero-order valence-corrected chi connectivity index (χ0v) is 21.8. The third-order valence-electron chi connectivity index (χ3n) is 5.58. The number of hydrogen-bond acceptors (Lipinski definition) is 9. The van der Waals surface area contributed by atoms with Crippen molar-refractivity contribution in [1.82, 2.24) is 0 Å². The molecule has 0 fully saturated rings. The molecule has 4 rings (SSSR count). The Morgan fingerprint density at radius 1 is 0.825 bits per heavy atom. The zero-order chi connectivity index (χ0) is 28.8. The van der Waals surface area contributed by atoms with E-state index < -0.39 is 27.1 Å². The maximum atomic E-state index is 13.4. The van der Waals surface area contributed by atoms with Crippen LogP contribution >= 0.6 is 11.6 Å². The molecule has 0 saturated heterocycles. The van der Waals surface area contributed by atoms with E-state index >= 15 is 0 Å². The topological polar surface area (TPSA) is 155 Å². The highest BCUT2D eigenvalue weighted by molar-refractivity contribution is 6.32. The van der Waals surface area contributed by atoms with Gasteiger partial charge >= 0.3 is 0 Å². The fourth-order valence-electron chi connectivity index (χ4n) is 3.69. The Hall–Kier alpha value is -5.36. The maximum Gasteiger partial charge on any atom is 0.300 e. The van der Waals surface area contributed by atoms with Gasteiger partial charge in [0.05, 0.1) is 46.4 Å². The van der Waals surface area contributed by atoms with Crippen LogP contribution in [0.15, 0.2) is 78.9 Å². The van der Waals surface area contributed by atoms with Crippen molar-refractivity contribution in [3.05, 3.63) is 110 Å². The van der Waals surface area contributed by atoms with Crippen LogP contribution in [0.5, 0.6) is 23.0 Å². The van der Waals surface area contributed by atoms with Crippen molar-refractivity contribution in [3.63, 3.8) is 0 Å². The maximum absolute atomic E-state index is 13.4.